The zero-order valence-electron chi connectivity index (χ0n) is 14.4. The van der Waals surface area contributed by atoms with Crippen LogP contribution >= 0.6 is 0 Å². The molecule has 1 aromatic carbocycles. The summed E-state index contributed by atoms with van der Waals surface area (Å²) < 4.78 is 1.75. The highest BCUT2D eigenvalue weighted by Crippen LogP contribution is 2.24. The van der Waals surface area contributed by atoms with E-state index in [1.54, 1.807) is 16.8 Å². The molecule has 2 aromatic rings. The standard InChI is InChI=1S/C18H19N3O4/c1-4-15-14(9-19-20(15)10-11(2)3)18(24)25-21-16(22)12-7-5-6-8-13(12)17(21)23/h5-9,11H,4,10H2,1-3H3. The summed E-state index contributed by atoms with van der Waals surface area (Å²) >= 11 is 0. The van der Waals surface area contributed by atoms with Crippen LogP contribution in [-0.4, -0.2) is 32.6 Å². The number of hydrogen-bond acceptors (Lipinski definition) is 5. The molecule has 130 valence electrons. The maximum absolute atomic E-state index is 12.5. The number of fused-ring (bicyclic) bond motifs is 1. The molecule has 2 heterocycles. The summed E-state index contributed by atoms with van der Waals surface area (Å²) in [5.41, 5.74) is 1.44. The van der Waals surface area contributed by atoms with Crippen molar-refractivity contribution in [2.24, 2.45) is 5.92 Å². The number of amides is 2. The van der Waals surface area contributed by atoms with Crippen LogP contribution in [0.25, 0.3) is 0 Å². The first-order valence-corrected chi connectivity index (χ1v) is 8.18. The fraction of sp³-hybridized carbons (Fsp3) is 0.333. The Morgan fingerprint density at radius 3 is 2.28 bits per heavy atom. The summed E-state index contributed by atoms with van der Waals surface area (Å²) in [5.74, 6) is -1.67. The maximum atomic E-state index is 12.5. The van der Waals surface area contributed by atoms with E-state index < -0.39 is 17.8 Å². The second-order valence-electron chi connectivity index (χ2n) is 6.26. The molecule has 0 bridgehead atoms. The summed E-state index contributed by atoms with van der Waals surface area (Å²) in [4.78, 5) is 42.2. The summed E-state index contributed by atoms with van der Waals surface area (Å²) in [6.07, 6.45) is 2.00. The fourth-order valence-electron chi connectivity index (χ4n) is 2.84. The largest absolute Gasteiger partial charge is 0.367 e. The van der Waals surface area contributed by atoms with Crippen LogP contribution in [0.15, 0.2) is 30.5 Å². The van der Waals surface area contributed by atoms with Gasteiger partial charge in [0.15, 0.2) is 0 Å². The number of hydroxylamine groups is 2. The lowest BCUT2D eigenvalue weighted by Gasteiger charge is -2.13. The minimum absolute atomic E-state index is 0.228. The molecule has 0 radical (unpaired) electrons. The zero-order valence-corrected chi connectivity index (χ0v) is 14.4. The average molecular weight is 341 g/mol. The number of hydrogen-bond donors (Lipinski definition) is 0. The molecule has 1 aliphatic rings. The Bertz CT molecular complexity index is 819. The van der Waals surface area contributed by atoms with Crippen LogP contribution in [0.4, 0.5) is 0 Å². The second-order valence-corrected chi connectivity index (χ2v) is 6.26. The first-order chi connectivity index (χ1) is 11.9. The summed E-state index contributed by atoms with van der Waals surface area (Å²) in [6.45, 7) is 6.69. The van der Waals surface area contributed by atoms with E-state index in [0.29, 0.717) is 23.9 Å². The van der Waals surface area contributed by atoms with Crippen molar-refractivity contribution in [1.82, 2.24) is 14.8 Å². The molecule has 3 rings (SSSR count). The van der Waals surface area contributed by atoms with E-state index in [0.717, 1.165) is 5.69 Å². The van der Waals surface area contributed by atoms with Crippen molar-refractivity contribution < 1.29 is 19.2 Å². The first-order valence-electron chi connectivity index (χ1n) is 8.18. The molecule has 0 saturated carbocycles. The molecule has 2 amide bonds. The first kappa shape index (κ1) is 16.9. The smallest absolute Gasteiger partial charge is 0.324 e. The molecule has 7 nitrogen and oxygen atoms in total. The van der Waals surface area contributed by atoms with Gasteiger partial charge in [0, 0.05) is 6.54 Å². The molecule has 1 aromatic heterocycles. The molecular weight excluding hydrogens is 322 g/mol. The molecule has 0 spiro atoms. The van der Waals surface area contributed by atoms with Gasteiger partial charge in [-0.25, -0.2) is 4.79 Å². The third kappa shape index (κ3) is 2.93. The van der Waals surface area contributed by atoms with Gasteiger partial charge in [-0.1, -0.05) is 38.0 Å². The van der Waals surface area contributed by atoms with Gasteiger partial charge in [-0.2, -0.15) is 5.10 Å². The normalized spacial score (nSPS) is 13.5. The Morgan fingerprint density at radius 1 is 1.16 bits per heavy atom. The van der Waals surface area contributed by atoms with Gasteiger partial charge < -0.3 is 4.84 Å². The number of carbonyl (C=O) groups is 3. The van der Waals surface area contributed by atoms with Crippen LogP contribution in [0.3, 0.4) is 0 Å². The third-order valence-electron chi connectivity index (χ3n) is 3.97. The third-order valence-corrected chi connectivity index (χ3v) is 3.97. The summed E-state index contributed by atoms with van der Waals surface area (Å²) in [5, 5.41) is 4.75. The Labute approximate surface area is 145 Å². The van der Waals surface area contributed by atoms with Gasteiger partial charge in [-0.3, -0.25) is 14.3 Å². The zero-order chi connectivity index (χ0) is 18.1. The van der Waals surface area contributed by atoms with Gasteiger partial charge >= 0.3 is 5.97 Å². The minimum atomic E-state index is -0.763. The lowest BCUT2D eigenvalue weighted by Crippen LogP contribution is -2.33. The minimum Gasteiger partial charge on any atom is -0.324 e. The van der Waals surface area contributed by atoms with Crippen molar-refractivity contribution in [3.63, 3.8) is 0 Å². The molecule has 0 unspecified atom stereocenters. The van der Waals surface area contributed by atoms with Crippen LogP contribution in [0.5, 0.6) is 0 Å². The molecule has 0 saturated heterocycles. The van der Waals surface area contributed by atoms with Crippen LogP contribution in [0.1, 0.15) is 57.5 Å². The van der Waals surface area contributed by atoms with Gasteiger partial charge in [0.1, 0.15) is 5.56 Å². The SMILES string of the molecule is CCc1c(C(=O)ON2C(=O)c3ccccc3C2=O)cnn1CC(C)C. The van der Waals surface area contributed by atoms with Gasteiger partial charge in [0.2, 0.25) is 0 Å². The van der Waals surface area contributed by atoms with E-state index in [-0.39, 0.29) is 16.7 Å². The Kier molecular flexibility index (Phi) is 4.39. The molecule has 0 N–H and O–H groups in total. The van der Waals surface area contributed by atoms with Crippen molar-refractivity contribution in [3.8, 4) is 0 Å². The number of nitrogens with zero attached hydrogens (tertiary/aromatic N) is 3. The Balaban J connectivity index is 1.83. The monoisotopic (exact) mass is 341 g/mol. The van der Waals surface area contributed by atoms with Crippen LogP contribution in [-0.2, 0) is 17.8 Å². The number of aromatic nitrogens is 2. The van der Waals surface area contributed by atoms with Crippen LogP contribution in [0, 0.1) is 5.92 Å². The van der Waals surface area contributed by atoms with Crippen molar-refractivity contribution >= 4 is 17.8 Å². The van der Waals surface area contributed by atoms with E-state index in [2.05, 4.69) is 18.9 Å². The van der Waals surface area contributed by atoms with Gasteiger partial charge in [-0.15, -0.1) is 0 Å². The van der Waals surface area contributed by atoms with Crippen LogP contribution in [0.2, 0.25) is 0 Å². The highest BCUT2D eigenvalue weighted by Gasteiger charge is 2.39. The number of rotatable bonds is 5. The van der Waals surface area contributed by atoms with Crippen molar-refractivity contribution in [1.29, 1.82) is 0 Å². The maximum Gasteiger partial charge on any atom is 0.367 e. The average Bonchev–Trinajstić information content (AvgIpc) is 3.09. The number of imide groups is 1. The van der Waals surface area contributed by atoms with Gasteiger partial charge in [0.05, 0.1) is 23.0 Å². The highest BCUT2D eigenvalue weighted by molar-refractivity contribution is 6.21. The lowest BCUT2D eigenvalue weighted by molar-refractivity contribution is -0.0585. The Morgan fingerprint density at radius 2 is 1.76 bits per heavy atom. The highest BCUT2D eigenvalue weighted by atomic mass is 16.7. The molecule has 7 heteroatoms. The number of carbonyl (C=O) groups excluding carboxylic acids is 3. The summed E-state index contributed by atoms with van der Waals surface area (Å²) in [7, 11) is 0. The van der Waals surface area contributed by atoms with E-state index in [4.69, 9.17) is 4.84 Å². The van der Waals surface area contributed by atoms with Crippen molar-refractivity contribution in [3.05, 3.63) is 52.8 Å². The van der Waals surface area contributed by atoms with Crippen molar-refractivity contribution in [2.45, 2.75) is 33.7 Å². The molecule has 25 heavy (non-hydrogen) atoms. The predicted octanol–water partition coefficient (Wildman–Crippen LogP) is 2.47. The van der Waals surface area contributed by atoms with Crippen molar-refractivity contribution in [2.75, 3.05) is 0 Å². The Hall–Kier alpha value is -2.96. The van der Waals surface area contributed by atoms with E-state index in [1.807, 2.05) is 6.92 Å². The summed E-state index contributed by atoms with van der Waals surface area (Å²) in [6, 6.07) is 6.37. The predicted molar refractivity (Wildman–Crippen MR) is 88.8 cm³/mol. The van der Waals surface area contributed by atoms with Gasteiger partial charge in [-0.05, 0) is 24.5 Å². The van der Waals surface area contributed by atoms with E-state index in [1.165, 1.54) is 18.3 Å². The topological polar surface area (TPSA) is 81.5 Å². The number of benzene rings is 1. The molecule has 0 aliphatic carbocycles. The quantitative estimate of drug-likeness (QED) is 0.780. The molecule has 1 aliphatic heterocycles. The molecule has 0 fully saturated rings. The molecular formula is C18H19N3O4. The second kappa shape index (κ2) is 6.51. The van der Waals surface area contributed by atoms with Gasteiger partial charge in [0.25, 0.3) is 11.8 Å². The lowest BCUT2D eigenvalue weighted by atomic mass is 10.1. The molecule has 0 atom stereocenters. The fourth-order valence-corrected chi connectivity index (χ4v) is 2.84. The van der Waals surface area contributed by atoms with E-state index >= 15 is 0 Å². The van der Waals surface area contributed by atoms with E-state index in [9.17, 15) is 14.4 Å². The van der Waals surface area contributed by atoms with Crippen LogP contribution < -0.4 is 0 Å².